The maximum Gasteiger partial charge on any atom is 0.264 e. The highest BCUT2D eigenvalue weighted by Gasteiger charge is 2.47. The predicted molar refractivity (Wildman–Crippen MR) is 348 cm³/mol. The normalized spacial score (nSPS) is 13.9. The first kappa shape index (κ1) is 54.2. The molecule has 0 fully saturated rings. The third-order valence-electron chi connectivity index (χ3n) is 16.8. The van der Waals surface area contributed by atoms with Gasteiger partial charge in [0.25, 0.3) is 6.71 Å². The highest BCUT2D eigenvalue weighted by atomic mass is 32.1. The quantitative estimate of drug-likeness (QED) is 0.154. The highest BCUT2D eigenvalue weighted by Crippen LogP contribution is 2.52. The molecule has 5 heteroatoms. The fourth-order valence-corrected chi connectivity index (χ4v) is 13.3. The van der Waals surface area contributed by atoms with E-state index < -0.39 is 0 Å². The summed E-state index contributed by atoms with van der Waals surface area (Å²) in [6.45, 7) is 41.9. The Hall–Kier alpha value is -6.82. The molecule has 0 atom stereocenters. The van der Waals surface area contributed by atoms with Crippen molar-refractivity contribution in [2.45, 2.75) is 157 Å². The summed E-state index contributed by atoms with van der Waals surface area (Å²) in [6.07, 6.45) is 0. The minimum Gasteiger partial charge on any atom is -0.311 e. The molecule has 0 N–H and O–H groups in total. The highest BCUT2D eigenvalue weighted by molar-refractivity contribution is 7.33. The Morgan fingerprint density at radius 3 is 1.27 bits per heavy atom. The van der Waals surface area contributed by atoms with Crippen LogP contribution in [0.2, 0.25) is 0 Å². The third-order valence-corrected chi connectivity index (χ3v) is 18.0. The number of hydrogen-bond acceptors (Lipinski definition) is 4. The van der Waals surface area contributed by atoms with Crippen molar-refractivity contribution in [2.24, 2.45) is 0 Å². The first-order valence-corrected chi connectivity index (χ1v) is 29.6. The second-order valence-electron chi connectivity index (χ2n) is 28.9. The van der Waals surface area contributed by atoms with E-state index in [1.807, 2.05) is 11.3 Å². The summed E-state index contributed by atoms with van der Waals surface area (Å²) in [5.41, 5.74) is 23.4. The van der Waals surface area contributed by atoms with E-state index in [1.165, 1.54) is 104 Å². The van der Waals surface area contributed by atoms with Crippen LogP contribution < -0.4 is 30.4 Å². The molecule has 0 unspecified atom stereocenters. The molecule has 0 spiro atoms. The first-order chi connectivity index (χ1) is 37.0. The van der Waals surface area contributed by atoms with Gasteiger partial charge in [-0.2, -0.15) is 0 Å². The van der Waals surface area contributed by atoms with Crippen LogP contribution in [0.4, 0.5) is 51.2 Å². The Kier molecular flexibility index (Phi) is 13.0. The SMILES string of the molecule is CC(C)(C)c1ccc(N(c2ccc(C(C)(C)C)cc2)c2cc3c(cc2C(C)(C)C)B2c4sc5ccc(C(C)(C)C)cc5c4N(c4ccc(C(C)(C)C)cc4)c4cc(-c5ccccc5)cc(c42)N3c2ccc(C(C)(C)C)cc2)cc1. The topological polar surface area (TPSA) is 9.72 Å². The van der Waals surface area contributed by atoms with Crippen LogP contribution in [0.3, 0.4) is 0 Å². The van der Waals surface area contributed by atoms with Gasteiger partial charge in [-0.1, -0.05) is 216 Å². The third kappa shape index (κ3) is 9.83. The van der Waals surface area contributed by atoms with Crippen molar-refractivity contribution in [3.05, 3.63) is 203 Å². The van der Waals surface area contributed by atoms with Gasteiger partial charge < -0.3 is 14.7 Å². The van der Waals surface area contributed by atoms with Crippen LogP contribution in [0.5, 0.6) is 0 Å². The zero-order chi connectivity index (χ0) is 56.5. The van der Waals surface area contributed by atoms with E-state index >= 15 is 0 Å². The minimum atomic E-state index is -0.251. The molecule has 0 bridgehead atoms. The molecule has 3 nitrogen and oxygen atoms in total. The molecule has 0 saturated heterocycles. The number of benzene rings is 8. The van der Waals surface area contributed by atoms with Crippen LogP contribution in [0.25, 0.3) is 21.2 Å². The molecule has 3 heterocycles. The van der Waals surface area contributed by atoms with Gasteiger partial charge in [0, 0.05) is 54.7 Å². The van der Waals surface area contributed by atoms with Crippen LogP contribution >= 0.6 is 11.3 Å². The van der Waals surface area contributed by atoms with Crippen molar-refractivity contribution in [3.8, 4) is 11.1 Å². The fourth-order valence-electron chi connectivity index (χ4n) is 12.0. The Balaban J connectivity index is 1.29. The molecule has 0 amide bonds. The molecule has 79 heavy (non-hydrogen) atoms. The second-order valence-corrected chi connectivity index (χ2v) is 30.0. The van der Waals surface area contributed by atoms with Crippen LogP contribution in [0, 0.1) is 0 Å². The molecule has 2 aliphatic rings. The van der Waals surface area contributed by atoms with Gasteiger partial charge in [-0.25, -0.2) is 0 Å². The van der Waals surface area contributed by atoms with E-state index in [0.29, 0.717) is 0 Å². The van der Waals surface area contributed by atoms with E-state index in [9.17, 15) is 0 Å². The average molecular weight is 1060 g/mol. The van der Waals surface area contributed by atoms with Crippen LogP contribution in [-0.4, -0.2) is 6.71 Å². The van der Waals surface area contributed by atoms with Crippen molar-refractivity contribution in [1.29, 1.82) is 0 Å². The van der Waals surface area contributed by atoms with E-state index in [1.54, 1.807) is 0 Å². The number of thiophene rings is 1. The summed E-state index contributed by atoms with van der Waals surface area (Å²) in [5, 5.41) is 1.31. The van der Waals surface area contributed by atoms with Gasteiger partial charge in [-0.05, 0) is 167 Å². The van der Waals surface area contributed by atoms with Crippen molar-refractivity contribution in [2.75, 3.05) is 14.7 Å². The zero-order valence-corrected chi connectivity index (χ0v) is 51.3. The average Bonchev–Trinajstić information content (AvgIpc) is 4.04. The summed E-state index contributed by atoms with van der Waals surface area (Å²) >= 11 is 1.98. The van der Waals surface area contributed by atoms with Crippen molar-refractivity contribution in [3.63, 3.8) is 0 Å². The minimum absolute atomic E-state index is 0.0103. The molecule has 11 rings (SSSR count). The summed E-state index contributed by atoms with van der Waals surface area (Å²) in [5.74, 6) is 0. The van der Waals surface area contributed by atoms with Gasteiger partial charge in [-0.3, -0.25) is 0 Å². The molecule has 0 radical (unpaired) electrons. The maximum atomic E-state index is 2.64. The van der Waals surface area contributed by atoms with E-state index in [4.69, 9.17) is 0 Å². The molecule has 402 valence electrons. The van der Waals surface area contributed by atoms with E-state index in [0.717, 1.165) is 17.1 Å². The Labute approximate surface area is 478 Å². The standard InChI is InChI=1S/C74H82BN3S/c1-69(2,3)49-24-33-54(34-25-49)76(55-35-26-50(27-36-55)70(4,5)6)61-46-62-60(45-59(61)74(16,17)18)75-66-63(77(62)56-37-28-51(29-38-56)71(7,8)9)42-48(47-22-20-19-21-23-47)43-64(66)78(57-39-30-52(31-40-57)72(10,11)12)67-58-44-53(73(13,14)15)32-41-65(58)79-68(67)75/h19-46H,1-18H3. The summed E-state index contributed by atoms with van der Waals surface area (Å²) in [6, 6.07) is 66.3. The van der Waals surface area contributed by atoms with Gasteiger partial charge in [0.2, 0.25) is 0 Å². The van der Waals surface area contributed by atoms with Crippen molar-refractivity contribution >= 4 is 95.0 Å². The number of anilines is 9. The maximum absolute atomic E-state index is 2.64. The lowest BCUT2D eigenvalue weighted by molar-refractivity contribution is 0.589. The van der Waals surface area contributed by atoms with Gasteiger partial charge >= 0.3 is 0 Å². The van der Waals surface area contributed by atoms with Crippen LogP contribution in [0.1, 0.15) is 158 Å². The molecule has 1 aromatic heterocycles. The Morgan fingerprint density at radius 1 is 0.380 bits per heavy atom. The lowest BCUT2D eigenvalue weighted by Gasteiger charge is -2.45. The molecule has 9 aromatic rings. The molecular formula is C74H82BN3S. The number of rotatable bonds is 6. The van der Waals surface area contributed by atoms with Gasteiger partial charge in [-0.15, -0.1) is 11.3 Å². The lowest BCUT2D eigenvalue weighted by Crippen LogP contribution is -2.60. The van der Waals surface area contributed by atoms with Gasteiger partial charge in [0.15, 0.2) is 0 Å². The molecule has 0 saturated carbocycles. The number of hydrogen-bond donors (Lipinski definition) is 0. The summed E-state index contributed by atoms with van der Waals surface area (Å²) in [7, 11) is 0. The number of fused-ring (bicyclic) bond motifs is 6. The number of nitrogens with zero attached hydrogens (tertiary/aromatic N) is 3. The largest absolute Gasteiger partial charge is 0.311 e. The Bertz CT molecular complexity index is 3690. The zero-order valence-electron chi connectivity index (χ0n) is 50.5. The fraction of sp³-hybridized carbons (Fsp3) is 0.324. The van der Waals surface area contributed by atoms with Crippen LogP contribution in [-0.2, 0) is 32.5 Å². The van der Waals surface area contributed by atoms with E-state index in [-0.39, 0.29) is 39.2 Å². The van der Waals surface area contributed by atoms with E-state index in [2.05, 4.69) is 309 Å². The van der Waals surface area contributed by atoms with Crippen molar-refractivity contribution < 1.29 is 0 Å². The molecular weight excluding hydrogens is 974 g/mol. The first-order valence-electron chi connectivity index (χ1n) is 28.8. The molecule has 2 aliphatic heterocycles. The summed E-state index contributed by atoms with van der Waals surface area (Å²) < 4.78 is 2.69. The molecule has 8 aromatic carbocycles. The van der Waals surface area contributed by atoms with Crippen LogP contribution in [0.15, 0.2) is 170 Å². The second kappa shape index (κ2) is 18.9. The van der Waals surface area contributed by atoms with Gasteiger partial charge in [0.1, 0.15) is 0 Å². The predicted octanol–water partition coefficient (Wildman–Crippen LogP) is 19.9. The smallest absolute Gasteiger partial charge is 0.264 e. The monoisotopic (exact) mass is 1060 g/mol. The molecule has 0 aliphatic carbocycles. The van der Waals surface area contributed by atoms with Crippen molar-refractivity contribution in [1.82, 2.24) is 0 Å². The van der Waals surface area contributed by atoms with Gasteiger partial charge in [0.05, 0.1) is 11.4 Å². The lowest BCUT2D eigenvalue weighted by atomic mass is 9.36. The summed E-state index contributed by atoms with van der Waals surface area (Å²) in [4.78, 5) is 7.81. The Morgan fingerprint density at radius 2 is 0.810 bits per heavy atom.